The number of hydrogen-bond acceptors (Lipinski definition) is 7. The average Bonchev–Trinajstić information content (AvgIpc) is 2.94. The maximum absolute atomic E-state index is 12.5. The second-order valence-electron chi connectivity index (χ2n) is 9.48. The Morgan fingerprint density at radius 2 is 1.76 bits per heavy atom. The highest BCUT2D eigenvalue weighted by Crippen LogP contribution is 2.21. The number of rotatable bonds is 8. The first-order valence-corrected chi connectivity index (χ1v) is 12.5. The molecule has 3 heterocycles. The van der Waals surface area contributed by atoms with Crippen molar-refractivity contribution in [2.24, 2.45) is 5.92 Å². The van der Waals surface area contributed by atoms with Crippen LogP contribution in [0.3, 0.4) is 0 Å². The summed E-state index contributed by atoms with van der Waals surface area (Å²) in [6.07, 6.45) is 7.05. The number of benzene rings is 2. The van der Waals surface area contributed by atoms with Gasteiger partial charge in [-0.15, -0.1) is 0 Å². The molecule has 1 N–H and O–H groups in total. The van der Waals surface area contributed by atoms with Gasteiger partial charge >= 0.3 is 0 Å². The Kier molecular flexibility index (Phi) is 7.46. The van der Waals surface area contributed by atoms with Crippen LogP contribution < -0.4 is 10.3 Å². The number of hydrogen-bond donors (Lipinski definition) is 1. The second-order valence-corrected chi connectivity index (χ2v) is 9.48. The molecule has 1 fully saturated rings. The topological polar surface area (TPSA) is 97.0 Å². The molecule has 4 aromatic rings. The second kappa shape index (κ2) is 11.3. The van der Waals surface area contributed by atoms with E-state index in [1.807, 2.05) is 48.5 Å². The predicted octanol–water partition coefficient (Wildman–Crippen LogP) is 4.13. The Morgan fingerprint density at radius 3 is 2.54 bits per heavy atom. The summed E-state index contributed by atoms with van der Waals surface area (Å²) >= 11 is 0. The molecule has 2 aromatic carbocycles. The quantitative estimate of drug-likeness (QED) is 0.370. The molecule has 0 atom stereocenters. The fraction of sp³-hybridized carbons (Fsp3) is 0.276. The van der Waals surface area contributed by atoms with Gasteiger partial charge in [-0.2, -0.15) is 5.10 Å². The van der Waals surface area contributed by atoms with E-state index in [0.717, 1.165) is 48.2 Å². The third-order valence-electron chi connectivity index (χ3n) is 6.69. The fourth-order valence-corrected chi connectivity index (χ4v) is 4.47. The smallest absolute Gasteiger partial charge is 0.267 e. The van der Waals surface area contributed by atoms with Gasteiger partial charge in [0, 0.05) is 23.4 Å². The van der Waals surface area contributed by atoms with Crippen LogP contribution in [-0.2, 0) is 6.54 Å². The van der Waals surface area contributed by atoms with Crippen molar-refractivity contribution in [3.8, 4) is 28.4 Å². The number of nitrogens with one attached hydrogen (secondary N) is 1. The van der Waals surface area contributed by atoms with Crippen molar-refractivity contribution in [3.63, 3.8) is 0 Å². The van der Waals surface area contributed by atoms with Gasteiger partial charge in [-0.25, -0.2) is 14.6 Å². The van der Waals surface area contributed by atoms with E-state index < -0.39 is 0 Å². The van der Waals surface area contributed by atoms with Crippen LogP contribution in [0, 0.1) is 11.3 Å². The third kappa shape index (κ3) is 6.16. The molecule has 0 bridgehead atoms. The molecule has 2 aromatic heterocycles. The minimum absolute atomic E-state index is 0.181. The maximum atomic E-state index is 12.5. The molecular weight excluding hydrogens is 464 g/mol. The zero-order chi connectivity index (χ0) is 25.6. The van der Waals surface area contributed by atoms with Crippen LogP contribution in [0.15, 0.2) is 77.9 Å². The van der Waals surface area contributed by atoms with Crippen LogP contribution >= 0.6 is 0 Å². The van der Waals surface area contributed by atoms with Crippen molar-refractivity contribution >= 4 is 6.21 Å². The van der Waals surface area contributed by atoms with Crippen LogP contribution in [0.4, 0.5) is 0 Å². The number of aromatic nitrogens is 4. The van der Waals surface area contributed by atoms with Gasteiger partial charge in [-0.1, -0.05) is 36.4 Å². The van der Waals surface area contributed by atoms with Crippen LogP contribution in [0.25, 0.3) is 22.6 Å². The van der Waals surface area contributed by atoms with Crippen molar-refractivity contribution in [2.75, 3.05) is 26.7 Å². The van der Waals surface area contributed by atoms with Gasteiger partial charge < -0.3 is 15.0 Å². The largest absolute Gasteiger partial charge is 0.490 e. The van der Waals surface area contributed by atoms with Crippen molar-refractivity contribution in [1.82, 2.24) is 24.6 Å². The molecule has 1 saturated heterocycles. The first kappa shape index (κ1) is 24.5. The van der Waals surface area contributed by atoms with Gasteiger partial charge in [0.25, 0.3) is 5.56 Å². The first-order chi connectivity index (χ1) is 18.1. The SMILES string of the molecule is CN1CCC(COc2cnc(-c3cccc(Cn4nc(-c5cccc(C=N)c5)ccc4=O)c3)nc2)CC1. The number of nitrogens with zero attached hydrogens (tertiary/aromatic N) is 5. The minimum Gasteiger partial charge on any atom is -0.490 e. The Bertz CT molecular complexity index is 1430. The lowest BCUT2D eigenvalue weighted by Gasteiger charge is -2.28. The first-order valence-electron chi connectivity index (χ1n) is 12.5. The molecule has 8 heteroatoms. The third-order valence-corrected chi connectivity index (χ3v) is 6.69. The predicted molar refractivity (Wildman–Crippen MR) is 144 cm³/mol. The summed E-state index contributed by atoms with van der Waals surface area (Å²) in [6.45, 7) is 3.24. The van der Waals surface area contributed by atoms with E-state index in [1.54, 1.807) is 18.5 Å². The van der Waals surface area contributed by atoms with E-state index in [2.05, 4.69) is 27.0 Å². The molecule has 1 aliphatic heterocycles. The van der Waals surface area contributed by atoms with Crippen molar-refractivity contribution in [2.45, 2.75) is 19.4 Å². The summed E-state index contributed by atoms with van der Waals surface area (Å²) in [5.41, 5.74) is 3.92. The Morgan fingerprint density at radius 1 is 1.00 bits per heavy atom. The van der Waals surface area contributed by atoms with Crippen LogP contribution in [-0.4, -0.2) is 57.6 Å². The summed E-state index contributed by atoms with van der Waals surface area (Å²) in [5, 5.41) is 12.0. The van der Waals surface area contributed by atoms with E-state index in [0.29, 0.717) is 36.3 Å². The van der Waals surface area contributed by atoms with E-state index in [-0.39, 0.29) is 5.56 Å². The molecule has 0 radical (unpaired) electrons. The van der Waals surface area contributed by atoms with Gasteiger partial charge in [0.2, 0.25) is 0 Å². The van der Waals surface area contributed by atoms with Crippen molar-refractivity contribution in [3.05, 3.63) is 94.5 Å². The molecule has 0 aliphatic carbocycles. The van der Waals surface area contributed by atoms with E-state index in [9.17, 15) is 4.79 Å². The van der Waals surface area contributed by atoms with Gasteiger partial charge in [0.15, 0.2) is 11.6 Å². The van der Waals surface area contributed by atoms with E-state index in [4.69, 9.17) is 10.1 Å². The van der Waals surface area contributed by atoms with Gasteiger partial charge in [-0.05, 0) is 68.2 Å². The molecule has 37 heavy (non-hydrogen) atoms. The molecule has 0 unspecified atom stereocenters. The molecule has 0 saturated carbocycles. The highest BCUT2D eigenvalue weighted by molar-refractivity contribution is 5.79. The lowest BCUT2D eigenvalue weighted by atomic mass is 9.98. The lowest BCUT2D eigenvalue weighted by molar-refractivity contribution is 0.159. The zero-order valence-corrected chi connectivity index (χ0v) is 20.9. The van der Waals surface area contributed by atoms with Gasteiger partial charge in [0.05, 0.1) is 31.2 Å². The van der Waals surface area contributed by atoms with Crippen LogP contribution in [0.1, 0.15) is 24.0 Å². The number of piperidine rings is 1. The summed E-state index contributed by atoms with van der Waals surface area (Å²) in [6, 6.07) is 18.6. The molecule has 0 amide bonds. The van der Waals surface area contributed by atoms with Crippen molar-refractivity contribution in [1.29, 1.82) is 5.41 Å². The Balaban J connectivity index is 1.28. The molecule has 5 rings (SSSR count). The van der Waals surface area contributed by atoms with Crippen LogP contribution in [0.5, 0.6) is 5.75 Å². The highest BCUT2D eigenvalue weighted by atomic mass is 16.5. The molecule has 188 valence electrons. The van der Waals surface area contributed by atoms with Crippen LogP contribution in [0.2, 0.25) is 0 Å². The zero-order valence-electron chi connectivity index (χ0n) is 20.9. The monoisotopic (exact) mass is 494 g/mol. The molecule has 1 aliphatic rings. The number of ether oxygens (including phenoxy) is 1. The standard InChI is InChI=1S/C29H30N6O2/c1-34-12-10-21(11-13-34)20-37-26-17-31-29(32-18-26)25-7-3-5-23(15-25)19-35-28(36)9-8-27(33-35)24-6-2-4-22(14-24)16-30/h2-9,14-18,21,30H,10-13,19-20H2,1H3. The van der Waals surface area contributed by atoms with Gasteiger partial charge in [0.1, 0.15) is 0 Å². The normalized spacial score (nSPS) is 14.4. The highest BCUT2D eigenvalue weighted by Gasteiger charge is 2.17. The van der Waals surface area contributed by atoms with E-state index >= 15 is 0 Å². The fourth-order valence-electron chi connectivity index (χ4n) is 4.47. The lowest BCUT2D eigenvalue weighted by Crippen LogP contribution is -2.32. The van der Waals surface area contributed by atoms with Crippen molar-refractivity contribution < 1.29 is 4.74 Å². The number of likely N-dealkylation sites (tertiary alicyclic amines) is 1. The molecular formula is C29H30N6O2. The summed E-state index contributed by atoms with van der Waals surface area (Å²) in [4.78, 5) is 23.9. The average molecular weight is 495 g/mol. The maximum Gasteiger partial charge on any atom is 0.267 e. The summed E-state index contributed by atoms with van der Waals surface area (Å²) in [7, 11) is 2.16. The Hall–Kier alpha value is -4.17. The summed E-state index contributed by atoms with van der Waals surface area (Å²) in [5.74, 6) is 1.85. The van der Waals surface area contributed by atoms with E-state index in [1.165, 1.54) is 17.0 Å². The molecule has 8 nitrogen and oxygen atoms in total. The summed E-state index contributed by atoms with van der Waals surface area (Å²) < 4.78 is 7.40. The van der Waals surface area contributed by atoms with Gasteiger partial charge in [-0.3, -0.25) is 4.79 Å². The Labute approximate surface area is 216 Å². The minimum atomic E-state index is -0.181. The molecule has 0 spiro atoms.